The van der Waals surface area contributed by atoms with Crippen molar-refractivity contribution in [1.82, 2.24) is 16.0 Å². The number of rotatable bonds is 12. The van der Waals surface area contributed by atoms with Crippen molar-refractivity contribution >= 4 is 35.7 Å². The molecule has 0 aliphatic rings. The van der Waals surface area contributed by atoms with E-state index >= 15 is 0 Å². The Morgan fingerprint density at radius 2 is 1.71 bits per heavy atom. The molecule has 1 aromatic carbocycles. The summed E-state index contributed by atoms with van der Waals surface area (Å²) in [5.41, 5.74) is -0.0986. The minimum absolute atomic E-state index is 0.0276. The first-order valence-electron chi connectivity index (χ1n) is 11.1. The van der Waals surface area contributed by atoms with Crippen LogP contribution in [0.25, 0.3) is 0 Å². The maximum atomic E-state index is 12.7. The van der Waals surface area contributed by atoms with E-state index in [1.807, 2.05) is 0 Å². The summed E-state index contributed by atoms with van der Waals surface area (Å²) in [6, 6.07) is 4.69. The molecule has 0 bridgehead atoms. The number of unbranched alkanes of at least 4 members (excludes halogenated alkanes) is 1. The summed E-state index contributed by atoms with van der Waals surface area (Å²) < 4.78 is 14.9. The standard InChI is InChI=1S/C23H34ClN3O8/c1-23(2,3)35-22(32)27-17(19(29)26-18(13-28)20(30)33-4)11-7-8-12-25-21(31)34-14-15-9-5-6-10-16(15)24/h5-6,9-10,17-18,28H,7-8,11-14H2,1-4H3,(H,25,31)(H,26,29)(H,27,32). The van der Waals surface area contributed by atoms with E-state index < -0.39 is 48.4 Å². The fraction of sp³-hybridized carbons (Fsp3) is 0.565. The highest BCUT2D eigenvalue weighted by Crippen LogP contribution is 2.15. The second kappa shape index (κ2) is 15.0. The fourth-order valence-corrected chi connectivity index (χ4v) is 2.98. The molecule has 3 amide bonds. The third-order valence-corrected chi connectivity index (χ3v) is 4.87. The number of alkyl carbamates (subject to hydrolysis) is 2. The number of benzene rings is 1. The fourth-order valence-electron chi connectivity index (χ4n) is 2.79. The lowest BCUT2D eigenvalue weighted by Gasteiger charge is -2.24. The van der Waals surface area contributed by atoms with Gasteiger partial charge in [0.15, 0.2) is 6.04 Å². The normalized spacial score (nSPS) is 12.6. The molecule has 1 rings (SSSR count). The second-order valence-electron chi connectivity index (χ2n) is 8.56. The van der Waals surface area contributed by atoms with Crippen LogP contribution >= 0.6 is 11.6 Å². The van der Waals surface area contributed by atoms with Crippen molar-refractivity contribution in [3.63, 3.8) is 0 Å². The number of hydrogen-bond acceptors (Lipinski definition) is 8. The van der Waals surface area contributed by atoms with Crippen LogP contribution < -0.4 is 16.0 Å². The molecule has 2 atom stereocenters. The van der Waals surface area contributed by atoms with Crippen molar-refractivity contribution in [2.24, 2.45) is 0 Å². The summed E-state index contributed by atoms with van der Waals surface area (Å²) in [6.07, 6.45) is -0.337. The molecule has 0 aliphatic heterocycles. The predicted octanol–water partition coefficient (Wildman–Crippen LogP) is 2.28. The molecule has 0 spiro atoms. The van der Waals surface area contributed by atoms with Crippen LogP contribution in [-0.2, 0) is 30.4 Å². The molecule has 196 valence electrons. The van der Waals surface area contributed by atoms with Gasteiger partial charge in [-0.1, -0.05) is 29.8 Å². The first-order valence-corrected chi connectivity index (χ1v) is 11.5. The lowest BCUT2D eigenvalue weighted by molar-refractivity contribution is -0.146. The zero-order valence-corrected chi connectivity index (χ0v) is 21.1. The zero-order valence-electron chi connectivity index (χ0n) is 20.4. The van der Waals surface area contributed by atoms with E-state index in [1.165, 1.54) is 0 Å². The number of esters is 1. The SMILES string of the molecule is COC(=O)C(CO)NC(=O)C(CCCCNC(=O)OCc1ccccc1Cl)NC(=O)OC(C)(C)C. The van der Waals surface area contributed by atoms with Crippen LogP contribution in [0.1, 0.15) is 45.6 Å². The smallest absolute Gasteiger partial charge is 0.408 e. The van der Waals surface area contributed by atoms with Crippen LogP contribution in [0.5, 0.6) is 0 Å². The van der Waals surface area contributed by atoms with E-state index in [9.17, 15) is 24.3 Å². The van der Waals surface area contributed by atoms with Crippen LogP contribution in [0, 0.1) is 0 Å². The highest BCUT2D eigenvalue weighted by atomic mass is 35.5. The van der Waals surface area contributed by atoms with Crippen LogP contribution in [0.4, 0.5) is 9.59 Å². The van der Waals surface area contributed by atoms with Gasteiger partial charge in [-0.3, -0.25) is 4.79 Å². The van der Waals surface area contributed by atoms with Crippen LogP contribution in [0.15, 0.2) is 24.3 Å². The summed E-state index contributed by atoms with van der Waals surface area (Å²) >= 11 is 6.02. The number of nitrogens with one attached hydrogen (secondary N) is 3. The Balaban J connectivity index is 2.55. The molecule has 0 aliphatic carbocycles. The summed E-state index contributed by atoms with van der Waals surface area (Å²) in [5, 5.41) is 17.3. The Labute approximate surface area is 209 Å². The average Bonchev–Trinajstić information content (AvgIpc) is 2.79. The molecule has 0 saturated carbocycles. The molecule has 35 heavy (non-hydrogen) atoms. The molecular formula is C23H34ClN3O8. The van der Waals surface area contributed by atoms with Crippen LogP contribution in [-0.4, -0.2) is 67.1 Å². The molecule has 4 N–H and O–H groups in total. The third-order valence-electron chi connectivity index (χ3n) is 4.50. The Morgan fingerprint density at radius 3 is 2.31 bits per heavy atom. The molecule has 0 heterocycles. The van der Waals surface area contributed by atoms with E-state index in [0.29, 0.717) is 23.4 Å². The second-order valence-corrected chi connectivity index (χ2v) is 8.96. The number of hydrogen-bond donors (Lipinski definition) is 4. The van der Waals surface area contributed by atoms with Gasteiger partial charge >= 0.3 is 18.2 Å². The van der Waals surface area contributed by atoms with Crippen molar-refractivity contribution in [2.45, 2.75) is 64.3 Å². The van der Waals surface area contributed by atoms with Crippen LogP contribution in [0.3, 0.4) is 0 Å². The molecule has 1 aromatic rings. The number of halogens is 1. The topological polar surface area (TPSA) is 152 Å². The quantitative estimate of drug-likeness (QED) is 0.188. The molecule has 12 heteroatoms. The van der Waals surface area contributed by atoms with E-state index in [1.54, 1.807) is 45.0 Å². The average molecular weight is 516 g/mol. The molecule has 2 unspecified atom stereocenters. The van der Waals surface area contributed by atoms with Gasteiger partial charge in [-0.2, -0.15) is 0 Å². The molecular weight excluding hydrogens is 482 g/mol. The van der Waals surface area contributed by atoms with Crippen molar-refractivity contribution in [3.05, 3.63) is 34.9 Å². The van der Waals surface area contributed by atoms with Crippen molar-refractivity contribution < 1.29 is 38.5 Å². The summed E-state index contributed by atoms with van der Waals surface area (Å²) in [6.45, 7) is 4.66. The lowest BCUT2D eigenvalue weighted by atomic mass is 10.1. The van der Waals surface area contributed by atoms with Gasteiger partial charge in [0.2, 0.25) is 5.91 Å². The van der Waals surface area contributed by atoms with Gasteiger partial charge in [0.1, 0.15) is 18.2 Å². The first kappa shape index (κ1) is 30.0. The number of amides is 3. The molecule has 0 saturated heterocycles. The zero-order chi connectivity index (χ0) is 26.4. The van der Waals surface area contributed by atoms with Crippen molar-refractivity contribution in [3.8, 4) is 0 Å². The van der Waals surface area contributed by atoms with Crippen molar-refractivity contribution in [2.75, 3.05) is 20.3 Å². The largest absolute Gasteiger partial charge is 0.467 e. The Morgan fingerprint density at radius 1 is 1.03 bits per heavy atom. The van der Waals surface area contributed by atoms with E-state index in [-0.39, 0.29) is 19.6 Å². The summed E-state index contributed by atoms with van der Waals surface area (Å²) in [7, 11) is 1.13. The Hall–Kier alpha value is -3.05. The van der Waals surface area contributed by atoms with Gasteiger partial charge in [-0.05, 0) is 46.1 Å². The molecule has 11 nitrogen and oxygen atoms in total. The van der Waals surface area contributed by atoms with Crippen LogP contribution in [0.2, 0.25) is 5.02 Å². The maximum absolute atomic E-state index is 12.7. The summed E-state index contributed by atoms with van der Waals surface area (Å²) in [4.78, 5) is 48.4. The van der Waals surface area contributed by atoms with Gasteiger partial charge in [0.25, 0.3) is 0 Å². The highest BCUT2D eigenvalue weighted by Gasteiger charge is 2.28. The van der Waals surface area contributed by atoms with E-state index in [2.05, 4.69) is 20.7 Å². The van der Waals surface area contributed by atoms with Gasteiger partial charge in [0.05, 0.1) is 13.7 Å². The van der Waals surface area contributed by atoms with Gasteiger partial charge < -0.3 is 35.3 Å². The van der Waals surface area contributed by atoms with Gasteiger partial charge in [-0.25, -0.2) is 14.4 Å². The van der Waals surface area contributed by atoms with E-state index in [4.69, 9.17) is 21.1 Å². The van der Waals surface area contributed by atoms with Gasteiger partial charge in [0, 0.05) is 17.1 Å². The van der Waals surface area contributed by atoms with Gasteiger partial charge in [-0.15, -0.1) is 0 Å². The summed E-state index contributed by atoms with van der Waals surface area (Å²) in [5.74, 6) is -1.51. The highest BCUT2D eigenvalue weighted by molar-refractivity contribution is 6.31. The minimum Gasteiger partial charge on any atom is -0.467 e. The lowest BCUT2D eigenvalue weighted by Crippen LogP contribution is -2.53. The number of aliphatic hydroxyl groups excluding tert-OH is 1. The Bertz CT molecular complexity index is 859. The minimum atomic E-state index is -1.27. The molecule has 0 radical (unpaired) electrons. The number of ether oxygens (including phenoxy) is 3. The maximum Gasteiger partial charge on any atom is 0.408 e. The first-order chi connectivity index (χ1) is 16.5. The number of carbonyl (C=O) groups excluding carboxylic acids is 4. The predicted molar refractivity (Wildman–Crippen MR) is 128 cm³/mol. The van der Waals surface area contributed by atoms with E-state index in [0.717, 1.165) is 7.11 Å². The molecule has 0 fully saturated rings. The van der Waals surface area contributed by atoms with Crippen molar-refractivity contribution in [1.29, 1.82) is 0 Å². The molecule has 0 aromatic heterocycles. The monoisotopic (exact) mass is 515 g/mol. The number of carbonyl (C=O) groups is 4. The Kier molecular flexibility index (Phi) is 12.9. The number of methoxy groups -OCH3 is 1. The number of aliphatic hydroxyl groups is 1. The third kappa shape index (κ3) is 12.3.